The summed E-state index contributed by atoms with van der Waals surface area (Å²) in [5.74, 6) is -0.708. The van der Waals surface area contributed by atoms with Crippen LogP contribution < -0.4 is 0 Å². The van der Waals surface area contributed by atoms with Crippen LogP contribution in [0, 0.1) is 13.8 Å². The molecule has 7 nitrogen and oxygen atoms in total. The van der Waals surface area contributed by atoms with Gasteiger partial charge in [0.1, 0.15) is 12.7 Å². The van der Waals surface area contributed by atoms with Crippen molar-refractivity contribution in [2.45, 2.75) is 66.0 Å². The number of hydrogen-bond donors (Lipinski definition) is 0. The first-order chi connectivity index (χ1) is 16.7. The normalized spacial score (nSPS) is 14.6. The quantitative estimate of drug-likeness (QED) is 0.351. The molecule has 0 heterocycles. The van der Waals surface area contributed by atoms with Gasteiger partial charge in [0.2, 0.25) is 0 Å². The number of ether oxygens (including phenoxy) is 5. The molecule has 2 rings (SSSR count). The van der Waals surface area contributed by atoms with Crippen LogP contribution in [0.3, 0.4) is 0 Å². The summed E-state index contributed by atoms with van der Waals surface area (Å²) < 4.78 is 28.1. The molecular weight excluding hydrogens is 448 g/mol. The molecule has 0 fully saturated rings. The molecule has 0 amide bonds. The SMILES string of the molecule is Cc1ccccc1C(=O)OCC(C)OCC(C)OCC(C)OCC(C)OC(=O)c1ccccc1C. The molecule has 2 aromatic carbocycles. The zero-order valence-corrected chi connectivity index (χ0v) is 21.6. The standard InChI is InChI=1S/C28H38O7/c1-19-11-7-9-13-25(19)27(29)34-17-23(5)32-15-21(3)31-16-22(4)33-18-24(6)35-28(30)26-14-10-8-12-20(26)2/h7-14,21-24H,15-18H2,1-6H3. The van der Waals surface area contributed by atoms with Crippen LogP contribution in [-0.2, 0) is 23.7 Å². The van der Waals surface area contributed by atoms with E-state index in [0.717, 1.165) is 11.1 Å². The first-order valence-corrected chi connectivity index (χ1v) is 12.0. The van der Waals surface area contributed by atoms with Gasteiger partial charge in [-0.3, -0.25) is 0 Å². The average molecular weight is 487 g/mol. The predicted octanol–water partition coefficient (Wildman–Crippen LogP) is 4.92. The number of rotatable bonds is 14. The Bertz CT molecular complexity index is 942. The lowest BCUT2D eigenvalue weighted by molar-refractivity contribution is -0.0851. The lowest BCUT2D eigenvalue weighted by Crippen LogP contribution is -2.29. The van der Waals surface area contributed by atoms with Gasteiger partial charge in [-0.25, -0.2) is 9.59 Å². The fraction of sp³-hybridized carbons (Fsp3) is 0.500. The predicted molar refractivity (Wildman–Crippen MR) is 134 cm³/mol. The molecule has 2 aromatic rings. The summed E-state index contributed by atoms with van der Waals surface area (Å²) in [5, 5.41) is 0. The summed E-state index contributed by atoms with van der Waals surface area (Å²) in [7, 11) is 0. The summed E-state index contributed by atoms with van der Waals surface area (Å²) in [6, 6.07) is 14.6. The van der Waals surface area contributed by atoms with Gasteiger partial charge in [-0.15, -0.1) is 0 Å². The Morgan fingerprint density at radius 1 is 0.600 bits per heavy atom. The van der Waals surface area contributed by atoms with Crippen LogP contribution in [0.25, 0.3) is 0 Å². The molecule has 35 heavy (non-hydrogen) atoms. The Kier molecular flexibility index (Phi) is 11.9. The third-order valence-corrected chi connectivity index (χ3v) is 5.33. The summed E-state index contributed by atoms with van der Waals surface area (Å²) in [6.07, 6.45) is -0.976. The zero-order valence-electron chi connectivity index (χ0n) is 21.6. The van der Waals surface area contributed by atoms with Gasteiger partial charge in [-0.2, -0.15) is 0 Å². The molecule has 0 N–H and O–H groups in total. The van der Waals surface area contributed by atoms with Gasteiger partial charge >= 0.3 is 11.9 Å². The molecule has 0 aliphatic carbocycles. The monoisotopic (exact) mass is 486 g/mol. The van der Waals surface area contributed by atoms with E-state index in [1.54, 1.807) is 19.1 Å². The van der Waals surface area contributed by atoms with Crippen LogP contribution in [0.4, 0.5) is 0 Å². The topological polar surface area (TPSA) is 80.3 Å². The van der Waals surface area contributed by atoms with E-state index in [1.807, 2.05) is 71.0 Å². The smallest absolute Gasteiger partial charge is 0.338 e. The van der Waals surface area contributed by atoms with Crippen molar-refractivity contribution in [1.29, 1.82) is 0 Å². The summed E-state index contributed by atoms with van der Waals surface area (Å²) >= 11 is 0. The Morgan fingerprint density at radius 2 is 1.00 bits per heavy atom. The Morgan fingerprint density at radius 3 is 1.49 bits per heavy atom. The van der Waals surface area contributed by atoms with Crippen molar-refractivity contribution in [3.05, 3.63) is 70.8 Å². The zero-order chi connectivity index (χ0) is 25.8. The van der Waals surface area contributed by atoms with Crippen LogP contribution >= 0.6 is 0 Å². The van der Waals surface area contributed by atoms with Crippen LogP contribution in [0.5, 0.6) is 0 Å². The van der Waals surface area contributed by atoms with Crippen molar-refractivity contribution in [3.8, 4) is 0 Å². The largest absolute Gasteiger partial charge is 0.459 e. The second kappa shape index (κ2) is 14.6. The van der Waals surface area contributed by atoms with E-state index in [9.17, 15) is 9.59 Å². The van der Waals surface area contributed by atoms with Gasteiger partial charge in [0.25, 0.3) is 0 Å². The molecule has 0 aromatic heterocycles. The minimum Gasteiger partial charge on any atom is -0.459 e. The maximum atomic E-state index is 12.3. The van der Waals surface area contributed by atoms with Crippen LogP contribution in [0.1, 0.15) is 59.5 Å². The van der Waals surface area contributed by atoms with Crippen LogP contribution in [-0.4, -0.2) is 62.8 Å². The molecule has 0 bridgehead atoms. The van der Waals surface area contributed by atoms with E-state index in [2.05, 4.69) is 0 Å². The molecule has 4 unspecified atom stereocenters. The van der Waals surface area contributed by atoms with E-state index >= 15 is 0 Å². The number of esters is 2. The van der Waals surface area contributed by atoms with Crippen molar-refractivity contribution in [3.63, 3.8) is 0 Å². The van der Waals surface area contributed by atoms with E-state index < -0.39 is 0 Å². The minimum atomic E-state index is -0.381. The highest BCUT2D eigenvalue weighted by Gasteiger charge is 2.17. The van der Waals surface area contributed by atoms with Crippen molar-refractivity contribution < 1.29 is 33.3 Å². The first-order valence-electron chi connectivity index (χ1n) is 12.0. The van der Waals surface area contributed by atoms with Gasteiger partial charge < -0.3 is 23.7 Å². The van der Waals surface area contributed by atoms with Crippen molar-refractivity contribution in [2.75, 3.05) is 26.4 Å². The van der Waals surface area contributed by atoms with Gasteiger partial charge in [-0.05, 0) is 64.8 Å². The molecule has 7 heteroatoms. The highest BCUT2D eigenvalue weighted by molar-refractivity contribution is 5.91. The molecule has 0 saturated heterocycles. The van der Waals surface area contributed by atoms with E-state index in [0.29, 0.717) is 24.3 Å². The number of aryl methyl sites for hydroxylation is 2. The molecule has 0 spiro atoms. The van der Waals surface area contributed by atoms with Gasteiger partial charge in [0.15, 0.2) is 0 Å². The van der Waals surface area contributed by atoms with Gasteiger partial charge in [0, 0.05) is 0 Å². The average Bonchev–Trinajstić information content (AvgIpc) is 2.83. The van der Waals surface area contributed by atoms with E-state index in [4.69, 9.17) is 23.7 Å². The van der Waals surface area contributed by atoms with Gasteiger partial charge in [0.05, 0.1) is 49.3 Å². The molecule has 0 aliphatic rings. The highest BCUT2D eigenvalue weighted by atomic mass is 16.6. The Balaban J connectivity index is 1.59. The maximum Gasteiger partial charge on any atom is 0.338 e. The number of carbonyl (C=O) groups is 2. The van der Waals surface area contributed by atoms with Gasteiger partial charge in [-0.1, -0.05) is 36.4 Å². The third kappa shape index (κ3) is 10.2. The minimum absolute atomic E-state index is 0.160. The number of carbonyl (C=O) groups excluding carboxylic acids is 2. The Hall–Kier alpha value is -2.74. The Labute approximate surface area is 208 Å². The molecule has 0 saturated carbocycles. The summed E-state index contributed by atoms with van der Waals surface area (Å²) in [6.45, 7) is 12.4. The van der Waals surface area contributed by atoms with Crippen molar-refractivity contribution in [2.24, 2.45) is 0 Å². The third-order valence-electron chi connectivity index (χ3n) is 5.33. The van der Waals surface area contributed by atoms with Crippen molar-refractivity contribution in [1.82, 2.24) is 0 Å². The lowest BCUT2D eigenvalue weighted by Gasteiger charge is -2.21. The summed E-state index contributed by atoms with van der Waals surface area (Å²) in [5.41, 5.74) is 2.87. The molecular formula is C28H38O7. The highest BCUT2D eigenvalue weighted by Crippen LogP contribution is 2.11. The van der Waals surface area contributed by atoms with Crippen LogP contribution in [0.2, 0.25) is 0 Å². The molecule has 192 valence electrons. The first kappa shape index (κ1) is 28.5. The molecule has 0 radical (unpaired) electrons. The number of hydrogen-bond acceptors (Lipinski definition) is 7. The van der Waals surface area contributed by atoms with E-state index in [1.165, 1.54) is 0 Å². The fourth-order valence-corrected chi connectivity index (χ4v) is 3.20. The van der Waals surface area contributed by atoms with Crippen molar-refractivity contribution >= 4 is 11.9 Å². The van der Waals surface area contributed by atoms with E-state index in [-0.39, 0.29) is 49.6 Å². The second-order valence-corrected chi connectivity index (χ2v) is 8.88. The van der Waals surface area contributed by atoms with Crippen LogP contribution in [0.15, 0.2) is 48.5 Å². The fourth-order valence-electron chi connectivity index (χ4n) is 3.20. The second-order valence-electron chi connectivity index (χ2n) is 8.88. The maximum absolute atomic E-state index is 12.3. The summed E-state index contributed by atoms with van der Waals surface area (Å²) in [4.78, 5) is 24.5. The lowest BCUT2D eigenvalue weighted by atomic mass is 10.1. The molecule has 0 aliphatic heterocycles. The molecule has 4 atom stereocenters. The number of benzene rings is 2.